The number of carbonyl (C=O) groups is 3. The number of para-hydroxylation sites is 1. The number of nitrogens with zero attached hydrogens (tertiary/aromatic N) is 1. The van der Waals surface area contributed by atoms with Crippen molar-refractivity contribution in [3.05, 3.63) is 36.4 Å². The van der Waals surface area contributed by atoms with Gasteiger partial charge in [-0.15, -0.1) is 0 Å². The molecular weight excluding hydrogens is 374 g/mol. The molecule has 2 N–H and O–H groups in total. The average Bonchev–Trinajstić information content (AvgIpc) is 3.17. The van der Waals surface area contributed by atoms with Gasteiger partial charge < -0.3 is 19.8 Å². The van der Waals surface area contributed by atoms with Crippen LogP contribution in [0.1, 0.15) is 20.3 Å². The number of hydrogen-bond donors (Lipinski definition) is 2. The molecule has 8 heteroatoms. The zero-order chi connectivity index (χ0) is 20.8. The summed E-state index contributed by atoms with van der Waals surface area (Å²) in [5.41, 5.74) is 0.735. The fourth-order valence-electron chi connectivity index (χ4n) is 3.48. The summed E-state index contributed by atoms with van der Waals surface area (Å²) >= 11 is 0. The highest BCUT2D eigenvalue weighted by Gasteiger charge is 2.47. The molecule has 1 fully saturated rings. The molecule has 3 aromatic rings. The van der Waals surface area contributed by atoms with Crippen LogP contribution in [0.3, 0.4) is 0 Å². The van der Waals surface area contributed by atoms with Gasteiger partial charge in [0.1, 0.15) is 29.0 Å². The van der Waals surface area contributed by atoms with Gasteiger partial charge in [-0.3, -0.25) is 14.5 Å². The Bertz CT molecular complexity index is 1150. The van der Waals surface area contributed by atoms with Gasteiger partial charge in [0, 0.05) is 16.8 Å². The fraction of sp³-hybridized carbons (Fsp3) is 0.286. The largest absolute Gasteiger partial charge is 0.495 e. The summed E-state index contributed by atoms with van der Waals surface area (Å²) in [7, 11) is 1.50. The number of anilines is 1. The fourth-order valence-corrected chi connectivity index (χ4v) is 3.48. The number of hydrogen-bond acceptors (Lipinski definition) is 5. The van der Waals surface area contributed by atoms with Crippen molar-refractivity contribution >= 4 is 45.5 Å². The number of ether oxygens (including phenoxy) is 1. The molecule has 4 rings (SSSR count). The number of furan rings is 1. The van der Waals surface area contributed by atoms with Crippen LogP contribution >= 0.6 is 0 Å². The first-order valence-corrected chi connectivity index (χ1v) is 9.29. The van der Waals surface area contributed by atoms with E-state index >= 15 is 0 Å². The number of amides is 4. The molecule has 1 aromatic heterocycles. The van der Waals surface area contributed by atoms with Crippen molar-refractivity contribution in [2.24, 2.45) is 0 Å². The first-order chi connectivity index (χ1) is 13.9. The minimum Gasteiger partial charge on any atom is -0.495 e. The van der Waals surface area contributed by atoms with Gasteiger partial charge in [0.25, 0.3) is 5.91 Å². The van der Waals surface area contributed by atoms with Crippen molar-refractivity contribution in [2.75, 3.05) is 19.0 Å². The van der Waals surface area contributed by atoms with Crippen molar-refractivity contribution in [2.45, 2.75) is 25.8 Å². The summed E-state index contributed by atoms with van der Waals surface area (Å²) in [5.74, 6) is -0.476. The van der Waals surface area contributed by atoms with Crippen molar-refractivity contribution in [3.63, 3.8) is 0 Å². The molecule has 1 saturated heterocycles. The Balaban J connectivity index is 1.60. The minimum absolute atomic E-state index is 0.387. The van der Waals surface area contributed by atoms with E-state index in [4.69, 9.17) is 9.15 Å². The van der Waals surface area contributed by atoms with Crippen LogP contribution in [-0.2, 0) is 9.59 Å². The Morgan fingerprint density at radius 2 is 1.97 bits per heavy atom. The number of nitrogens with one attached hydrogen (secondary N) is 2. The molecule has 8 nitrogen and oxygen atoms in total. The van der Waals surface area contributed by atoms with Crippen LogP contribution in [0.5, 0.6) is 5.75 Å². The van der Waals surface area contributed by atoms with Gasteiger partial charge in [-0.1, -0.05) is 25.1 Å². The first kappa shape index (κ1) is 18.8. The molecule has 0 spiro atoms. The van der Waals surface area contributed by atoms with E-state index in [1.54, 1.807) is 26.0 Å². The summed E-state index contributed by atoms with van der Waals surface area (Å²) in [6.45, 7) is 3.06. The van der Waals surface area contributed by atoms with E-state index in [-0.39, 0.29) is 6.54 Å². The summed E-state index contributed by atoms with van der Waals surface area (Å²) < 4.78 is 11.3. The van der Waals surface area contributed by atoms with Gasteiger partial charge >= 0.3 is 6.03 Å². The van der Waals surface area contributed by atoms with Crippen LogP contribution in [-0.4, -0.2) is 41.9 Å². The monoisotopic (exact) mass is 395 g/mol. The quantitative estimate of drug-likeness (QED) is 0.646. The Hall–Kier alpha value is -3.55. The molecule has 150 valence electrons. The van der Waals surface area contributed by atoms with Crippen LogP contribution in [0.25, 0.3) is 21.9 Å². The molecule has 2 aromatic carbocycles. The third kappa shape index (κ3) is 3.06. The number of urea groups is 1. The smallest absolute Gasteiger partial charge is 0.325 e. The normalized spacial score (nSPS) is 19.1. The lowest BCUT2D eigenvalue weighted by atomic mass is 9.99. The van der Waals surface area contributed by atoms with Gasteiger partial charge in [0.2, 0.25) is 5.91 Å². The highest BCUT2D eigenvalue weighted by Crippen LogP contribution is 2.36. The van der Waals surface area contributed by atoms with E-state index in [9.17, 15) is 14.4 Å². The topological polar surface area (TPSA) is 101 Å². The lowest BCUT2D eigenvalue weighted by molar-refractivity contribution is -0.133. The summed E-state index contributed by atoms with van der Waals surface area (Å²) in [4.78, 5) is 38.1. The van der Waals surface area contributed by atoms with Gasteiger partial charge in [0.05, 0.1) is 12.8 Å². The molecule has 0 aliphatic carbocycles. The first-order valence-electron chi connectivity index (χ1n) is 9.29. The zero-order valence-electron chi connectivity index (χ0n) is 16.4. The molecule has 1 aliphatic rings. The molecule has 1 aliphatic heterocycles. The molecule has 29 heavy (non-hydrogen) atoms. The standard InChI is InChI=1S/C21H21N3O5/c1-4-21(2)19(26)24(20(27)23-21)11-18(25)22-14-10-16-13(9-17(14)28-3)12-7-5-6-8-15(12)29-16/h5-10H,4,11H2,1-3H3,(H,22,25)(H,23,27)/t21-/m1/s1. The third-order valence-electron chi connectivity index (χ3n) is 5.33. The van der Waals surface area contributed by atoms with E-state index in [1.165, 1.54) is 7.11 Å². The van der Waals surface area contributed by atoms with Gasteiger partial charge in [-0.25, -0.2) is 4.79 Å². The maximum atomic E-state index is 12.6. The summed E-state index contributed by atoms with van der Waals surface area (Å²) in [5, 5.41) is 7.15. The summed E-state index contributed by atoms with van der Waals surface area (Å²) in [6, 6.07) is 10.5. The van der Waals surface area contributed by atoms with Crippen LogP contribution in [0.2, 0.25) is 0 Å². The Kier molecular flexibility index (Phi) is 4.41. The maximum absolute atomic E-state index is 12.6. The number of benzene rings is 2. The number of methoxy groups -OCH3 is 1. The van der Waals surface area contributed by atoms with Gasteiger partial charge in [-0.2, -0.15) is 0 Å². The third-order valence-corrected chi connectivity index (χ3v) is 5.33. The van der Waals surface area contributed by atoms with Crippen molar-refractivity contribution in [1.29, 1.82) is 0 Å². The highest BCUT2D eigenvalue weighted by molar-refractivity contribution is 6.11. The highest BCUT2D eigenvalue weighted by atomic mass is 16.5. The molecule has 0 radical (unpaired) electrons. The molecule has 4 amide bonds. The number of rotatable bonds is 5. The Morgan fingerprint density at radius 1 is 1.21 bits per heavy atom. The van der Waals surface area contributed by atoms with Crippen LogP contribution < -0.4 is 15.4 Å². The number of fused-ring (bicyclic) bond motifs is 3. The van der Waals surface area contributed by atoms with Crippen LogP contribution in [0.4, 0.5) is 10.5 Å². The van der Waals surface area contributed by atoms with E-state index in [1.807, 2.05) is 24.3 Å². The van der Waals surface area contributed by atoms with Gasteiger partial charge in [-0.05, 0) is 25.5 Å². The minimum atomic E-state index is -0.984. The maximum Gasteiger partial charge on any atom is 0.325 e. The van der Waals surface area contributed by atoms with Crippen molar-refractivity contribution in [1.82, 2.24) is 10.2 Å². The lowest BCUT2D eigenvalue weighted by Gasteiger charge is -2.19. The molecule has 0 bridgehead atoms. The van der Waals surface area contributed by atoms with E-state index in [0.29, 0.717) is 23.4 Å². The summed E-state index contributed by atoms with van der Waals surface area (Å²) in [6.07, 6.45) is 0.437. The average molecular weight is 395 g/mol. The number of carbonyl (C=O) groups excluding carboxylic acids is 3. The van der Waals surface area contributed by atoms with Crippen molar-refractivity contribution in [3.8, 4) is 5.75 Å². The van der Waals surface area contributed by atoms with E-state index in [2.05, 4.69) is 10.6 Å². The second-order valence-corrected chi connectivity index (χ2v) is 7.20. The Labute approximate surface area is 166 Å². The SMILES string of the molecule is CC[C@@]1(C)NC(=O)N(CC(=O)Nc2cc3oc4ccccc4c3cc2OC)C1=O. The van der Waals surface area contributed by atoms with Crippen LogP contribution in [0.15, 0.2) is 40.8 Å². The molecule has 0 unspecified atom stereocenters. The van der Waals surface area contributed by atoms with Crippen LogP contribution in [0, 0.1) is 0 Å². The molecule has 0 saturated carbocycles. The molecule has 2 heterocycles. The van der Waals surface area contributed by atoms with Crippen molar-refractivity contribution < 1.29 is 23.5 Å². The Morgan fingerprint density at radius 3 is 2.66 bits per heavy atom. The predicted molar refractivity (Wildman–Crippen MR) is 108 cm³/mol. The number of imide groups is 1. The predicted octanol–water partition coefficient (Wildman–Crippen LogP) is 3.25. The second-order valence-electron chi connectivity index (χ2n) is 7.20. The zero-order valence-corrected chi connectivity index (χ0v) is 16.4. The molecular formula is C21H21N3O5. The lowest BCUT2D eigenvalue weighted by Crippen LogP contribution is -2.44. The molecule has 1 atom stereocenters. The van der Waals surface area contributed by atoms with E-state index < -0.39 is 23.4 Å². The van der Waals surface area contributed by atoms with E-state index in [0.717, 1.165) is 21.3 Å². The second kappa shape index (κ2) is 6.80. The van der Waals surface area contributed by atoms with Gasteiger partial charge in [0.15, 0.2) is 0 Å².